The number of pyridine rings is 1. The summed E-state index contributed by atoms with van der Waals surface area (Å²) < 4.78 is 2.23. The van der Waals surface area contributed by atoms with E-state index >= 15 is 0 Å². The van der Waals surface area contributed by atoms with Crippen molar-refractivity contribution in [1.82, 2.24) is 9.97 Å². The second-order valence-corrected chi connectivity index (χ2v) is 9.93. The number of aryl methyl sites for hydroxylation is 3. The third kappa shape index (κ3) is 4.23. The predicted molar refractivity (Wildman–Crippen MR) is 129 cm³/mol. The number of aromatic nitrogens is 3. The van der Waals surface area contributed by atoms with Crippen LogP contribution >= 0.6 is 0 Å². The van der Waals surface area contributed by atoms with Gasteiger partial charge in [-0.1, -0.05) is 44.5 Å². The van der Waals surface area contributed by atoms with E-state index in [0.29, 0.717) is 0 Å². The van der Waals surface area contributed by atoms with Crippen molar-refractivity contribution in [3.8, 4) is 22.5 Å². The Balaban J connectivity index is 1.89. The highest BCUT2D eigenvalue weighted by molar-refractivity contribution is 6.01. The fraction of sp³-hybridized carbons (Fsp3) is 0.321. The second kappa shape index (κ2) is 7.88. The van der Waals surface area contributed by atoms with E-state index in [0.717, 1.165) is 23.4 Å². The van der Waals surface area contributed by atoms with Crippen LogP contribution in [0.1, 0.15) is 43.2 Å². The molecule has 31 heavy (non-hydrogen) atoms. The average Bonchev–Trinajstić information content (AvgIpc) is 2.70. The molecular formula is C28H32N3+. The normalized spacial score (nSPS) is 11.8. The van der Waals surface area contributed by atoms with Crippen molar-refractivity contribution < 1.29 is 4.57 Å². The molecule has 0 aliphatic rings. The molecule has 0 radical (unpaired) electrons. The van der Waals surface area contributed by atoms with E-state index in [2.05, 4.69) is 95.8 Å². The van der Waals surface area contributed by atoms with Gasteiger partial charge in [0.25, 0.3) is 0 Å². The first kappa shape index (κ1) is 21.2. The van der Waals surface area contributed by atoms with Crippen molar-refractivity contribution in [2.75, 3.05) is 0 Å². The monoisotopic (exact) mass is 410 g/mol. The van der Waals surface area contributed by atoms with Crippen molar-refractivity contribution >= 4 is 10.8 Å². The molecule has 0 spiro atoms. The molecule has 2 aromatic heterocycles. The molecule has 2 aromatic carbocycles. The molecule has 0 saturated carbocycles. The van der Waals surface area contributed by atoms with Gasteiger partial charge in [-0.3, -0.25) is 9.97 Å². The van der Waals surface area contributed by atoms with Gasteiger partial charge in [0.15, 0.2) is 6.20 Å². The number of fused-ring (bicyclic) bond motifs is 1. The van der Waals surface area contributed by atoms with Gasteiger partial charge in [0.2, 0.25) is 5.69 Å². The minimum atomic E-state index is 0.198. The third-order valence-corrected chi connectivity index (χ3v) is 5.94. The average molecular weight is 411 g/mol. The molecule has 0 aliphatic heterocycles. The van der Waals surface area contributed by atoms with Crippen LogP contribution in [0.25, 0.3) is 33.3 Å². The molecule has 0 amide bonds. The summed E-state index contributed by atoms with van der Waals surface area (Å²) in [5, 5.41) is 2.43. The summed E-state index contributed by atoms with van der Waals surface area (Å²) in [6.07, 6.45) is 6.92. The van der Waals surface area contributed by atoms with Gasteiger partial charge in [0.1, 0.15) is 7.05 Å². The number of benzene rings is 2. The number of hydrogen-bond donors (Lipinski definition) is 0. The molecule has 0 atom stereocenters. The summed E-state index contributed by atoms with van der Waals surface area (Å²) in [4.78, 5) is 9.50. The van der Waals surface area contributed by atoms with E-state index in [9.17, 15) is 0 Å². The zero-order chi connectivity index (χ0) is 22.3. The molecule has 3 nitrogen and oxygen atoms in total. The second-order valence-electron chi connectivity index (χ2n) is 9.93. The standard InChI is InChI=1S/C28H32N3/c1-18-13-19(2)20(3)25(14-18)27-24-10-8-9-23(22(24)11-12-31(27)7)26-17-29-21(16-30-26)15-28(4,5)6/h8-14,16-17H,15H2,1-7H3/q+1. The van der Waals surface area contributed by atoms with Crippen molar-refractivity contribution in [3.05, 3.63) is 77.4 Å². The fourth-order valence-corrected chi connectivity index (χ4v) is 4.37. The maximum atomic E-state index is 4.78. The van der Waals surface area contributed by atoms with Crippen molar-refractivity contribution in [2.45, 2.75) is 48.0 Å². The van der Waals surface area contributed by atoms with Crippen LogP contribution in [0.4, 0.5) is 0 Å². The van der Waals surface area contributed by atoms with Gasteiger partial charge >= 0.3 is 0 Å². The van der Waals surface area contributed by atoms with E-state index in [-0.39, 0.29) is 5.41 Å². The van der Waals surface area contributed by atoms with E-state index in [1.807, 2.05) is 12.4 Å². The molecule has 3 heteroatoms. The Kier molecular flexibility index (Phi) is 5.38. The topological polar surface area (TPSA) is 29.7 Å². The largest absolute Gasteiger partial charge is 0.257 e. The number of nitrogens with zero attached hydrogens (tertiary/aromatic N) is 3. The van der Waals surface area contributed by atoms with Crippen molar-refractivity contribution in [3.63, 3.8) is 0 Å². The lowest BCUT2D eigenvalue weighted by molar-refractivity contribution is -0.659. The maximum absolute atomic E-state index is 4.78. The first-order valence-electron chi connectivity index (χ1n) is 10.9. The predicted octanol–water partition coefficient (Wildman–Crippen LogP) is 6.30. The van der Waals surface area contributed by atoms with E-state index in [4.69, 9.17) is 9.97 Å². The van der Waals surface area contributed by atoms with Crippen LogP contribution < -0.4 is 4.57 Å². The SMILES string of the molecule is Cc1cc(C)c(C)c(-c2c3cccc(-c4cnc(CC(C)(C)C)cn4)c3cc[n+]2C)c1. The first-order valence-corrected chi connectivity index (χ1v) is 10.9. The Hall–Kier alpha value is -3.07. The van der Waals surface area contributed by atoms with Crippen LogP contribution in [0, 0.1) is 26.2 Å². The van der Waals surface area contributed by atoms with Crippen LogP contribution in [-0.2, 0) is 13.5 Å². The Labute approximate surface area is 185 Å². The Morgan fingerprint density at radius 2 is 1.65 bits per heavy atom. The summed E-state index contributed by atoms with van der Waals surface area (Å²) in [6, 6.07) is 13.2. The molecule has 0 unspecified atom stereocenters. The maximum Gasteiger partial charge on any atom is 0.220 e. The summed E-state index contributed by atoms with van der Waals surface area (Å²) in [7, 11) is 2.12. The molecule has 4 rings (SSSR count). The molecule has 0 saturated heterocycles. The molecule has 0 fully saturated rings. The van der Waals surface area contributed by atoms with E-state index < -0.39 is 0 Å². The van der Waals surface area contributed by atoms with Gasteiger partial charge in [-0.15, -0.1) is 0 Å². The fourth-order valence-electron chi connectivity index (χ4n) is 4.37. The Morgan fingerprint density at radius 3 is 2.32 bits per heavy atom. The molecule has 4 aromatic rings. The minimum absolute atomic E-state index is 0.198. The first-order chi connectivity index (χ1) is 14.6. The highest BCUT2D eigenvalue weighted by atomic mass is 14.9. The summed E-state index contributed by atoms with van der Waals surface area (Å²) >= 11 is 0. The van der Waals surface area contributed by atoms with Crippen molar-refractivity contribution in [2.24, 2.45) is 12.5 Å². The Bertz CT molecular complexity index is 1260. The van der Waals surface area contributed by atoms with Crippen LogP contribution in [0.5, 0.6) is 0 Å². The lowest BCUT2D eigenvalue weighted by atomic mass is 9.91. The van der Waals surface area contributed by atoms with Gasteiger partial charge in [-0.05, 0) is 55.9 Å². The van der Waals surface area contributed by atoms with E-state index in [1.54, 1.807) is 0 Å². The Morgan fingerprint density at radius 1 is 0.871 bits per heavy atom. The van der Waals surface area contributed by atoms with Gasteiger partial charge in [-0.25, -0.2) is 4.57 Å². The molecule has 2 heterocycles. The molecular weight excluding hydrogens is 378 g/mol. The van der Waals surface area contributed by atoms with Gasteiger partial charge < -0.3 is 0 Å². The number of hydrogen-bond acceptors (Lipinski definition) is 2. The lowest BCUT2D eigenvalue weighted by Gasteiger charge is -2.17. The van der Waals surface area contributed by atoms with Gasteiger partial charge in [0.05, 0.1) is 28.5 Å². The molecule has 0 aliphatic carbocycles. The summed E-state index contributed by atoms with van der Waals surface area (Å²) in [5.41, 5.74) is 9.73. The van der Waals surface area contributed by atoms with Crippen LogP contribution in [0.15, 0.2) is 55.0 Å². The minimum Gasteiger partial charge on any atom is -0.257 e. The summed E-state index contributed by atoms with van der Waals surface area (Å²) in [5.74, 6) is 0. The molecule has 0 bridgehead atoms. The van der Waals surface area contributed by atoms with Crippen LogP contribution in [-0.4, -0.2) is 9.97 Å². The quantitative estimate of drug-likeness (QED) is 0.371. The highest BCUT2D eigenvalue weighted by Crippen LogP contribution is 2.34. The number of rotatable bonds is 3. The zero-order valence-corrected chi connectivity index (χ0v) is 19.7. The van der Waals surface area contributed by atoms with Crippen molar-refractivity contribution in [1.29, 1.82) is 0 Å². The summed E-state index contributed by atoms with van der Waals surface area (Å²) in [6.45, 7) is 13.3. The highest BCUT2D eigenvalue weighted by Gasteiger charge is 2.20. The molecule has 0 N–H and O–H groups in total. The zero-order valence-electron chi connectivity index (χ0n) is 19.7. The van der Waals surface area contributed by atoms with E-state index in [1.165, 1.54) is 38.7 Å². The van der Waals surface area contributed by atoms with Crippen LogP contribution in [0.2, 0.25) is 0 Å². The molecule has 158 valence electrons. The van der Waals surface area contributed by atoms with Gasteiger partial charge in [-0.2, -0.15) is 0 Å². The smallest absolute Gasteiger partial charge is 0.220 e. The lowest BCUT2D eigenvalue weighted by Crippen LogP contribution is -2.31. The third-order valence-electron chi connectivity index (χ3n) is 5.94. The van der Waals surface area contributed by atoms with Gasteiger partial charge in [0, 0.05) is 23.2 Å². The van der Waals surface area contributed by atoms with Crippen LogP contribution in [0.3, 0.4) is 0 Å².